The van der Waals surface area contributed by atoms with E-state index in [-0.39, 0.29) is 18.4 Å². The van der Waals surface area contributed by atoms with Gasteiger partial charge in [-0.25, -0.2) is 4.79 Å². The first kappa shape index (κ1) is 19.0. The minimum atomic E-state index is -0.436. The van der Waals surface area contributed by atoms with E-state index in [9.17, 15) is 10.1 Å². The second-order valence-corrected chi connectivity index (χ2v) is 7.95. The van der Waals surface area contributed by atoms with Gasteiger partial charge in [0, 0.05) is 4.88 Å². The summed E-state index contributed by atoms with van der Waals surface area (Å²) in [4.78, 5) is 14.0. The predicted molar refractivity (Wildman–Crippen MR) is 105 cm³/mol. The van der Waals surface area contributed by atoms with E-state index in [0.717, 1.165) is 15.3 Å². The molecule has 1 atom stereocenters. The fourth-order valence-corrected chi connectivity index (χ4v) is 4.44. The molecule has 1 aromatic carbocycles. The number of nitrogens with zero attached hydrogens (tertiary/aromatic N) is 1. The van der Waals surface area contributed by atoms with Crippen molar-refractivity contribution in [2.24, 2.45) is 5.73 Å². The molecule has 1 aliphatic heterocycles. The van der Waals surface area contributed by atoms with Crippen molar-refractivity contribution < 1.29 is 14.3 Å². The standard InChI is InChI=1S/C21H22N2O3S/c1-5-25-21(24)16-12(4)27-19-17(15(10-22)20(23)26-18(16)19)14-8-6-13(7-9-14)11(2)3/h6-9,11,17H,5,23H2,1-4H3. The van der Waals surface area contributed by atoms with Crippen LogP contribution in [0.3, 0.4) is 0 Å². The van der Waals surface area contributed by atoms with E-state index in [1.54, 1.807) is 6.92 Å². The van der Waals surface area contributed by atoms with Crippen LogP contribution in [0, 0.1) is 18.3 Å². The molecule has 0 saturated heterocycles. The monoisotopic (exact) mass is 382 g/mol. The van der Waals surface area contributed by atoms with Gasteiger partial charge in [0.2, 0.25) is 5.88 Å². The Morgan fingerprint density at radius 1 is 1.37 bits per heavy atom. The van der Waals surface area contributed by atoms with Gasteiger partial charge >= 0.3 is 5.97 Å². The van der Waals surface area contributed by atoms with E-state index in [2.05, 4.69) is 32.0 Å². The quantitative estimate of drug-likeness (QED) is 0.783. The van der Waals surface area contributed by atoms with Gasteiger partial charge in [0.05, 0.1) is 17.4 Å². The molecule has 2 N–H and O–H groups in total. The van der Waals surface area contributed by atoms with E-state index in [1.807, 2.05) is 19.1 Å². The van der Waals surface area contributed by atoms with Crippen molar-refractivity contribution in [3.05, 3.63) is 62.2 Å². The number of hydrogen-bond acceptors (Lipinski definition) is 6. The molecule has 140 valence electrons. The molecule has 2 heterocycles. The van der Waals surface area contributed by atoms with Crippen LogP contribution in [0.1, 0.15) is 63.8 Å². The molecule has 1 aliphatic rings. The molecular formula is C21H22N2O3S. The lowest BCUT2D eigenvalue weighted by molar-refractivity contribution is 0.0522. The molecule has 0 aliphatic carbocycles. The maximum atomic E-state index is 12.4. The fourth-order valence-electron chi connectivity index (χ4n) is 3.23. The van der Waals surface area contributed by atoms with Crippen LogP contribution in [0.25, 0.3) is 0 Å². The van der Waals surface area contributed by atoms with Crippen LogP contribution in [-0.4, -0.2) is 12.6 Å². The number of ether oxygens (including phenoxy) is 2. The van der Waals surface area contributed by atoms with Gasteiger partial charge in [0.15, 0.2) is 5.75 Å². The number of nitriles is 1. The lowest BCUT2D eigenvalue weighted by atomic mass is 9.87. The zero-order valence-electron chi connectivity index (χ0n) is 15.8. The van der Waals surface area contributed by atoms with E-state index in [4.69, 9.17) is 15.2 Å². The predicted octanol–water partition coefficient (Wildman–Crippen LogP) is 4.57. The normalized spacial score (nSPS) is 15.9. The summed E-state index contributed by atoms with van der Waals surface area (Å²) in [6.45, 7) is 8.15. The van der Waals surface area contributed by atoms with Crippen molar-refractivity contribution >= 4 is 17.3 Å². The summed E-state index contributed by atoms with van der Waals surface area (Å²) in [7, 11) is 0. The smallest absolute Gasteiger partial charge is 0.343 e. The number of aryl methyl sites for hydroxylation is 1. The number of rotatable bonds is 4. The highest BCUT2D eigenvalue weighted by molar-refractivity contribution is 7.12. The minimum absolute atomic E-state index is 0.0336. The van der Waals surface area contributed by atoms with Crippen LogP contribution < -0.4 is 10.5 Å². The van der Waals surface area contributed by atoms with Crippen molar-refractivity contribution in [3.63, 3.8) is 0 Å². The average Bonchev–Trinajstić information content (AvgIpc) is 2.96. The molecule has 1 unspecified atom stereocenters. The molecule has 3 rings (SSSR count). The maximum Gasteiger partial charge on any atom is 0.343 e. The van der Waals surface area contributed by atoms with Gasteiger partial charge in [-0.1, -0.05) is 38.1 Å². The van der Waals surface area contributed by atoms with Crippen molar-refractivity contribution in [2.45, 2.75) is 39.5 Å². The van der Waals surface area contributed by atoms with Crippen LogP contribution >= 0.6 is 11.3 Å². The summed E-state index contributed by atoms with van der Waals surface area (Å²) in [5, 5.41) is 9.68. The third-order valence-electron chi connectivity index (χ3n) is 4.63. The molecule has 5 nitrogen and oxygen atoms in total. The van der Waals surface area contributed by atoms with E-state index >= 15 is 0 Å². The van der Waals surface area contributed by atoms with Crippen molar-refractivity contribution in [1.82, 2.24) is 0 Å². The second kappa shape index (κ2) is 7.45. The number of esters is 1. The van der Waals surface area contributed by atoms with Gasteiger partial charge in [-0.05, 0) is 30.9 Å². The highest BCUT2D eigenvalue weighted by atomic mass is 32.1. The van der Waals surface area contributed by atoms with E-state index < -0.39 is 5.97 Å². The Bertz CT molecular complexity index is 949. The third-order valence-corrected chi connectivity index (χ3v) is 5.78. The van der Waals surface area contributed by atoms with Crippen LogP contribution in [-0.2, 0) is 4.74 Å². The van der Waals surface area contributed by atoms with Crippen LogP contribution in [0.2, 0.25) is 0 Å². The lowest BCUT2D eigenvalue weighted by Crippen LogP contribution is -2.21. The summed E-state index contributed by atoms with van der Waals surface area (Å²) in [6.07, 6.45) is 0. The molecule has 0 bridgehead atoms. The molecule has 2 aromatic rings. The van der Waals surface area contributed by atoms with Gasteiger partial charge in [-0.15, -0.1) is 11.3 Å². The number of allylic oxidation sites excluding steroid dienone is 1. The molecule has 1 aromatic heterocycles. The van der Waals surface area contributed by atoms with Crippen LogP contribution in [0.15, 0.2) is 35.7 Å². The van der Waals surface area contributed by atoms with Gasteiger partial charge in [0.1, 0.15) is 17.2 Å². The maximum absolute atomic E-state index is 12.4. The number of carbonyl (C=O) groups is 1. The Morgan fingerprint density at radius 2 is 2.04 bits per heavy atom. The Labute approximate surface area is 163 Å². The van der Waals surface area contributed by atoms with Gasteiger partial charge in [-0.2, -0.15) is 5.26 Å². The second-order valence-electron chi connectivity index (χ2n) is 6.69. The number of thiophene rings is 1. The largest absolute Gasteiger partial charge is 0.462 e. The van der Waals surface area contributed by atoms with Gasteiger partial charge < -0.3 is 15.2 Å². The zero-order valence-corrected chi connectivity index (χ0v) is 16.6. The highest BCUT2D eigenvalue weighted by Gasteiger charge is 2.37. The Hall–Kier alpha value is -2.78. The van der Waals surface area contributed by atoms with Crippen molar-refractivity contribution in [1.29, 1.82) is 5.26 Å². The van der Waals surface area contributed by atoms with Gasteiger partial charge in [0.25, 0.3) is 0 Å². The molecule has 0 amide bonds. The molecule has 0 radical (unpaired) electrons. The number of nitrogens with two attached hydrogens (primary N) is 1. The fraction of sp³-hybridized carbons (Fsp3) is 0.333. The minimum Gasteiger partial charge on any atom is -0.462 e. The molecule has 6 heteroatoms. The summed E-state index contributed by atoms with van der Waals surface area (Å²) in [5.41, 5.74) is 8.96. The third kappa shape index (κ3) is 3.31. The first-order valence-electron chi connectivity index (χ1n) is 8.86. The number of benzene rings is 1. The zero-order chi connectivity index (χ0) is 19.7. The highest BCUT2D eigenvalue weighted by Crippen LogP contribution is 2.49. The number of fused-ring (bicyclic) bond motifs is 1. The summed E-state index contributed by atoms with van der Waals surface area (Å²) >= 11 is 1.44. The first-order valence-corrected chi connectivity index (χ1v) is 9.68. The number of carbonyl (C=O) groups excluding carboxylic acids is 1. The van der Waals surface area contributed by atoms with Crippen LogP contribution in [0.4, 0.5) is 0 Å². The molecule has 0 spiro atoms. The topological polar surface area (TPSA) is 85.3 Å². The summed E-state index contributed by atoms with van der Waals surface area (Å²) in [5.74, 6) is 0.0675. The Kier molecular flexibility index (Phi) is 5.24. The Balaban J connectivity index is 2.15. The van der Waals surface area contributed by atoms with Crippen LogP contribution in [0.5, 0.6) is 5.75 Å². The summed E-state index contributed by atoms with van der Waals surface area (Å²) < 4.78 is 10.9. The van der Waals surface area contributed by atoms with Gasteiger partial charge in [-0.3, -0.25) is 0 Å². The van der Waals surface area contributed by atoms with Crippen molar-refractivity contribution in [2.75, 3.05) is 6.61 Å². The van der Waals surface area contributed by atoms with E-state index in [1.165, 1.54) is 16.9 Å². The Morgan fingerprint density at radius 3 is 2.59 bits per heavy atom. The lowest BCUT2D eigenvalue weighted by Gasteiger charge is -2.24. The number of hydrogen-bond donors (Lipinski definition) is 1. The van der Waals surface area contributed by atoms with Crippen molar-refractivity contribution in [3.8, 4) is 11.8 Å². The first-order chi connectivity index (χ1) is 12.9. The van der Waals surface area contributed by atoms with E-state index in [0.29, 0.717) is 22.8 Å². The molecule has 0 fully saturated rings. The molecular weight excluding hydrogens is 360 g/mol. The average molecular weight is 382 g/mol. The summed E-state index contributed by atoms with van der Waals surface area (Å²) in [6, 6.07) is 10.3. The SMILES string of the molecule is CCOC(=O)c1c(C)sc2c1OC(N)=C(C#N)C2c1ccc(C(C)C)cc1. The molecule has 0 saturated carbocycles. The molecule has 27 heavy (non-hydrogen) atoms.